The number of rotatable bonds is 10. The fourth-order valence-corrected chi connectivity index (χ4v) is 6.17. The number of methoxy groups -OCH3 is 1. The lowest BCUT2D eigenvalue weighted by molar-refractivity contribution is -0.115. The van der Waals surface area contributed by atoms with Crippen LogP contribution < -0.4 is 14.8 Å². The van der Waals surface area contributed by atoms with Gasteiger partial charge < -0.3 is 14.6 Å². The smallest absolute Gasteiger partial charge is 0.263 e. The summed E-state index contributed by atoms with van der Waals surface area (Å²) in [6.07, 6.45) is 0. The molecule has 0 saturated carbocycles. The molecule has 0 bridgehead atoms. The van der Waals surface area contributed by atoms with Gasteiger partial charge in [-0.05, 0) is 61.9 Å². The Labute approximate surface area is 259 Å². The molecular weight excluding hydrogens is 599 g/mol. The summed E-state index contributed by atoms with van der Waals surface area (Å²) >= 11 is 1.17. The Balaban J connectivity index is 1.37. The Hall–Kier alpha value is -5.12. The minimum Gasteiger partial charge on any atom is -0.497 e. The molecule has 2 aromatic heterocycles. The molecular formula is C32H27N5O5S2. The number of hydrogen-bond acceptors (Lipinski definition) is 9. The predicted molar refractivity (Wildman–Crippen MR) is 169 cm³/mol. The molecule has 0 aliphatic heterocycles. The summed E-state index contributed by atoms with van der Waals surface area (Å²) in [5.74, 6) is 0.885. The normalized spacial score (nSPS) is 11.8. The van der Waals surface area contributed by atoms with Crippen LogP contribution >= 0.6 is 11.8 Å². The lowest BCUT2D eigenvalue weighted by Crippen LogP contribution is -2.22. The van der Waals surface area contributed by atoms with Crippen molar-refractivity contribution >= 4 is 39.2 Å². The van der Waals surface area contributed by atoms with Crippen LogP contribution in [0, 0.1) is 18.3 Å². The number of aryl methyl sites for hydroxylation is 1. The quantitative estimate of drug-likeness (QED) is 0.166. The standard InChI is InChI=1S/C32H27N5O5S2/c1-20-17-30(36-42-20)37-44(39,40)26-15-11-24(12-16-26)34-31(38)21(2)43-32-28(19-33)27(22-9-13-25(41-3)14-10-22)18-29(35-32)23-7-5-4-6-8-23/h4-18,21H,1-3H3,(H,34,38)(H,36,37). The maximum Gasteiger partial charge on any atom is 0.263 e. The van der Waals surface area contributed by atoms with Crippen LogP contribution in [-0.4, -0.2) is 36.8 Å². The van der Waals surface area contributed by atoms with E-state index < -0.39 is 15.3 Å². The second-order valence-electron chi connectivity index (χ2n) is 9.64. The summed E-state index contributed by atoms with van der Waals surface area (Å²) in [6, 6.07) is 28.4. The summed E-state index contributed by atoms with van der Waals surface area (Å²) < 4.78 is 37.9. The van der Waals surface area contributed by atoms with Gasteiger partial charge in [-0.1, -0.05) is 59.4 Å². The summed E-state index contributed by atoms with van der Waals surface area (Å²) in [5.41, 5.74) is 3.79. The van der Waals surface area contributed by atoms with Crippen LogP contribution in [-0.2, 0) is 14.8 Å². The lowest BCUT2D eigenvalue weighted by atomic mass is 9.99. The lowest BCUT2D eigenvalue weighted by Gasteiger charge is -2.16. The molecule has 1 atom stereocenters. The molecule has 10 nitrogen and oxygen atoms in total. The second kappa shape index (κ2) is 13.0. The number of ether oxygens (including phenoxy) is 1. The average Bonchev–Trinajstić information content (AvgIpc) is 3.44. The third-order valence-electron chi connectivity index (χ3n) is 6.53. The molecule has 0 radical (unpaired) electrons. The van der Waals surface area contributed by atoms with Crippen LogP contribution in [0.25, 0.3) is 22.4 Å². The zero-order valence-electron chi connectivity index (χ0n) is 23.9. The average molecular weight is 626 g/mol. The van der Waals surface area contributed by atoms with Gasteiger partial charge in [0.2, 0.25) is 5.91 Å². The number of hydrogen-bond donors (Lipinski definition) is 2. The molecule has 1 amide bonds. The predicted octanol–water partition coefficient (Wildman–Crippen LogP) is 6.51. The highest BCUT2D eigenvalue weighted by atomic mass is 32.2. The summed E-state index contributed by atoms with van der Waals surface area (Å²) in [4.78, 5) is 18.0. The van der Waals surface area contributed by atoms with Crippen molar-refractivity contribution in [2.75, 3.05) is 17.1 Å². The van der Waals surface area contributed by atoms with Crippen LogP contribution in [0.4, 0.5) is 11.5 Å². The van der Waals surface area contributed by atoms with Gasteiger partial charge in [-0.2, -0.15) is 5.26 Å². The van der Waals surface area contributed by atoms with Gasteiger partial charge in [0.05, 0.1) is 28.5 Å². The zero-order valence-corrected chi connectivity index (χ0v) is 25.6. The maximum atomic E-state index is 13.2. The number of benzene rings is 3. The van der Waals surface area contributed by atoms with Crippen molar-refractivity contribution in [2.24, 2.45) is 0 Å². The molecule has 5 rings (SSSR count). The summed E-state index contributed by atoms with van der Waals surface area (Å²) in [7, 11) is -2.31. The number of carbonyl (C=O) groups excluding carboxylic acids is 1. The fourth-order valence-electron chi connectivity index (χ4n) is 4.26. The highest BCUT2D eigenvalue weighted by Crippen LogP contribution is 2.36. The van der Waals surface area contributed by atoms with Crippen LogP contribution in [0.3, 0.4) is 0 Å². The SMILES string of the molecule is COc1ccc(-c2cc(-c3ccccc3)nc(SC(C)C(=O)Nc3ccc(S(=O)(=O)Nc4cc(C)on4)cc3)c2C#N)cc1. The Morgan fingerprint density at radius 1 is 1.00 bits per heavy atom. The zero-order chi connectivity index (χ0) is 31.3. The van der Waals surface area contributed by atoms with Crippen molar-refractivity contribution in [2.45, 2.75) is 29.0 Å². The highest BCUT2D eigenvalue weighted by molar-refractivity contribution is 8.00. The van der Waals surface area contributed by atoms with E-state index in [1.165, 1.54) is 42.1 Å². The van der Waals surface area contributed by atoms with Crippen molar-refractivity contribution in [3.8, 4) is 34.2 Å². The number of nitrogens with one attached hydrogen (secondary N) is 2. The van der Waals surface area contributed by atoms with Crippen molar-refractivity contribution in [3.05, 3.63) is 102 Å². The van der Waals surface area contributed by atoms with Gasteiger partial charge in [0, 0.05) is 22.9 Å². The van der Waals surface area contributed by atoms with Crippen LogP contribution in [0.15, 0.2) is 105 Å². The van der Waals surface area contributed by atoms with Crippen molar-refractivity contribution in [3.63, 3.8) is 0 Å². The second-order valence-corrected chi connectivity index (χ2v) is 12.7. The molecule has 0 aliphatic rings. The number of amides is 1. The number of pyridine rings is 1. The number of thioether (sulfide) groups is 1. The van der Waals surface area contributed by atoms with Gasteiger partial charge in [0.1, 0.15) is 22.6 Å². The molecule has 0 fully saturated rings. The highest BCUT2D eigenvalue weighted by Gasteiger charge is 2.22. The molecule has 1 unspecified atom stereocenters. The minimum absolute atomic E-state index is 0.00905. The summed E-state index contributed by atoms with van der Waals surface area (Å²) in [6.45, 7) is 3.37. The molecule has 2 N–H and O–H groups in total. The minimum atomic E-state index is -3.90. The van der Waals surface area contributed by atoms with Crippen LogP contribution in [0.2, 0.25) is 0 Å². The molecule has 5 aromatic rings. The van der Waals surface area contributed by atoms with Gasteiger partial charge in [-0.25, -0.2) is 13.4 Å². The van der Waals surface area contributed by atoms with E-state index in [-0.39, 0.29) is 16.6 Å². The maximum absolute atomic E-state index is 13.2. The topological polar surface area (TPSA) is 147 Å². The first-order chi connectivity index (χ1) is 21.2. The number of nitriles is 1. The van der Waals surface area contributed by atoms with E-state index in [2.05, 4.69) is 21.3 Å². The number of anilines is 2. The Kier molecular flexibility index (Phi) is 8.99. The first-order valence-corrected chi connectivity index (χ1v) is 15.7. The molecule has 0 aliphatic carbocycles. The van der Waals surface area contributed by atoms with Gasteiger partial charge >= 0.3 is 0 Å². The Morgan fingerprint density at radius 2 is 1.70 bits per heavy atom. The van der Waals surface area contributed by atoms with Gasteiger partial charge in [-0.15, -0.1) is 0 Å². The van der Waals surface area contributed by atoms with E-state index in [0.29, 0.717) is 39.0 Å². The molecule has 0 spiro atoms. The molecule has 222 valence electrons. The van der Waals surface area contributed by atoms with E-state index in [1.54, 1.807) is 21.0 Å². The number of carbonyl (C=O) groups is 1. The Morgan fingerprint density at radius 3 is 2.32 bits per heavy atom. The van der Waals surface area contributed by atoms with Gasteiger partial charge in [-0.3, -0.25) is 9.52 Å². The van der Waals surface area contributed by atoms with E-state index in [9.17, 15) is 18.5 Å². The summed E-state index contributed by atoms with van der Waals surface area (Å²) in [5, 5.41) is 16.4. The van der Waals surface area contributed by atoms with Crippen LogP contribution in [0.1, 0.15) is 18.2 Å². The van der Waals surface area contributed by atoms with Crippen molar-refractivity contribution < 1.29 is 22.5 Å². The van der Waals surface area contributed by atoms with Crippen LogP contribution in [0.5, 0.6) is 5.75 Å². The van der Waals surface area contributed by atoms with Gasteiger partial charge in [0.25, 0.3) is 10.0 Å². The third kappa shape index (κ3) is 6.91. The largest absolute Gasteiger partial charge is 0.497 e. The van der Waals surface area contributed by atoms with Gasteiger partial charge in [0.15, 0.2) is 5.82 Å². The molecule has 3 aromatic carbocycles. The fraction of sp³-hybridized carbons (Fsp3) is 0.125. The first-order valence-electron chi connectivity index (χ1n) is 13.4. The van der Waals surface area contributed by atoms with E-state index in [0.717, 1.165) is 11.1 Å². The van der Waals surface area contributed by atoms with Crippen molar-refractivity contribution in [1.82, 2.24) is 10.1 Å². The van der Waals surface area contributed by atoms with Crippen molar-refractivity contribution in [1.29, 1.82) is 5.26 Å². The molecule has 0 saturated heterocycles. The monoisotopic (exact) mass is 625 g/mol. The molecule has 44 heavy (non-hydrogen) atoms. The first kappa shape index (κ1) is 30.3. The van der Waals surface area contributed by atoms with E-state index in [1.807, 2.05) is 60.7 Å². The molecule has 2 heterocycles. The Bertz CT molecular complexity index is 1940. The van der Waals surface area contributed by atoms with E-state index in [4.69, 9.17) is 14.2 Å². The van der Waals surface area contributed by atoms with E-state index >= 15 is 0 Å². The number of aromatic nitrogens is 2. The third-order valence-corrected chi connectivity index (χ3v) is 8.98. The molecule has 12 heteroatoms. The number of nitrogens with zero attached hydrogens (tertiary/aromatic N) is 3. The number of sulfonamides is 1.